The van der Waals surface area contributed by atoms with E-state index in [0.29, 0.717) is 23.7 Å². The van der Waals surface area contributed by atoms with Gasteiger partial charge in [0.1, 0.15) is 48.4 Å². The molecule has 9 rings (SSSR count). The van der Waals surface area contributed by atoms with Crippen LogP contribution in [0.5, 0.6) is 23.0 Å². The van der Waals surface area contributed by atoms with E-state index >= 15 is 0 Å². The van der Waals surface area contributed by atoms with Crippen molar-refractivity contribution in [3.8, 4) is 45.3 Å². The van der Waals surface area contributed by atoms with Crippen LogP contribution < -0.4 is 18.9 Å². The van der Waals surface area contributed by atoms with Crippen LogP contribution in [-0.2, 0) is 5.41 Å². The van der Waals surface area contributed by atoms with Gasteiger partial charge in [0.05, 0.1) is 18.1 Å². The van der Waals surface area contributed by atoms with Crippen molar-refractivity contribution in [1.29, 1.82) is 0 Å². The van der Waals surface area contributed by atoms with Gasteiger partial charge in [-0.15, -0.1) is 0 Å². The maximum absolute atomic E-state index is 11.7. The molecule has 0 saturated heterocycles. The van der Waals surface area contributed by atoms with Crippen LogP contribution in [0.1, 0.15) is 49.4 Å². The number of hydrogen-bond donors (Lipinski definition) is 2. The lowest BCUT2D eigenvalue weighted by Gasteiger charge is -2.34. The molecule has 8 aromatic carbocycles. The summed E-state index contributed by atoms with van der Waals surface area (Å²) in [6.07, 6.45) is 0.599. The first kappa shape index (κ1) is 39.8. The standard InChI is InChI=1S/C55H50O6/c1-5-53(2,56)34-59-41-28-24-39(25-29-41)55(47-20-12-10-18-45(47)46-19-11-13-21-48(46)55)40-26-30-42(31-27-40)60-35-54(3,57)36-61-50-33-23-38-15-7-9-17-44(38)52(50)51-43-16-8-6-14-37(43)22-32-49(51)58-4/h6-33,56-57H,5,34-36H2,1-4H3. The maximum Gasteiger partial charge on any atom is 0.130 e. The normalized spacial score (nSPS) is 14.7. The predicted molar refractivity (Wildman–Crippen MR) is 245 cm³/mol. The third-order valence-electron chi connectivity index (χ3n) is 12.2. The van der Waals surface area contributed by atoms with Crippen molar-refractivity contribution in [1.82, 2.24) is 0 Å². The first-order chi connectivity index (χ1) is 29.6. The number of ether oxygens (including phenoxy) is 4. The molecular formula is C55H50O6. The first-order valence-electron chi connectivity index (χ1n) is 20.9. The van der Waals surface area contributed by atoms with E-state index in [2.05, 4.69) is 103 Å². The van der Waals surface area contributed by atoms with Crippen molar-refractivity contribution in [2.75, 3.05) is 26.9 Å². The molecule has 0 saturated carbocycles. The van der Waals surface area contributed by atoms with E-state index in [-0.39, 0.29) is 19.8 Å². The number of rotatable bonds is 14. The lowest BCUT2D eigenvalue weighted by Crippen LogP contribution is -2.38. The minimum absolute atomic E-state index is 0.00408. The minimum atomic E-state index is -1.33. The molecule has 61 heavy (non-hydrogen) atoms. The first-order valence-corrected chi connectivity index (χ1v) is 20.9. The van der Waals surface area contributed by atoms with Crippen molar-refractivity contribution < 1.29 is 29.2 Å². The highest BCUT2D eigenvalue weighted by atomic mass is 16.5. The molecule has 0 fully saturated rings. The smallest absolute Gasteiger partial charge is 0.130 e. The lowest BCUT2D eigenvalue weighted by atomic mass is 9.68. The summed E-state index contributed by atoms with van der Waals surface area (Å²) >= 11 is 0. The number of methoxy groups -OCH3 is 1. The molecule has 1 aliphatic rings. The molecule has 2 unspecified atom stereocenters. The molecule has 0 bridgehead atoms. The maximum atomic E-state index is 11.7. The van der Waals surface area contributed by atoms with Gasteiger partial charge in [-0.25, -0.2) is 0 Å². The summed E-state index contributed by atoms with van der Waals surface area (Å²) in [6.45, 7) is 5.69. The Hall–Kier alpha value is -6.60. The molecule has 6 nitrogen and oxygen atoms in total. The zero-order valence-electron chi connectivity index (χ0n) is 35.0. The zero-order valence-corrected chi connectivity index (χ0v) is 35.0. The second kappa shape index (κ2) is 16.1. The van der Waals surface area contributed by atoms with Crippen molar-refractivity contribution in [3.63, 3.8) is 0 Å². The summed E-state index contributed by atoms with van der Waals surface area (Å²) in [4.78, 5) is 0. The van der Waals surface area contributed by atoms with Crippen molar-refractivity contribution in [2.45, 2.75) is 43.8 Å². The summed E-state index contributed by atoms with van der Waals surface area (Å²) in [5.74, 6) is 2.73. The highest BCUT2D eigenvalue weighted by Gasteiger charge is 2.46. The summed E-state index contributed by atoms with van der Waals surface area (Å²) in [5.41, 5.74) is 5.99. The van der Waals surface area contributed by atoms with Crippen molar-refractivity contribution >= 4 is 21.5 Å². The Labute approximate surface area is 357 Å². The van der Waals surface area contributed by atoms with Crippen LogP contribution in [0.25, 0.3) is 43.8 Å². The number of benzene rings is 8. The summed E-state index contributed by atoms with van der Waals surface area (Å²) in [6, 6.07) is 58.3. The highest BCUT2D eigenvalue weighted by Crippen LogP contribution is 2.56. The van der Waals surface area contributed by atoms with E-state index in [4.69, 9.17) is 18.9 Å². The Balaban J connectivity index is 0.994. The Morgan fingerprint density at radius 1 is 0.459 bits per heavy atom. The fourth-order valence-corrected chi connectivity index (χ4v) is 8.79. The van der Waals surface area contributed by atoms with Gasteiger partial charge in [0.15, 0.2) is 0 Å². The quantitative estimate of drug-likeness (QED) is 0.114. The van der Waals surface area contributed by atoms with Crippen LogP contribution in [0.4, 0.5) is 0 Å². The number of aliphatic hydroxyl groups is 2. The average molecular weight is 807 g/mol. The molecule has 6 heteroatoms. The zero-order chi connectivity index (χ0) is 42.2. The van der Waals surface area contributed by atoms with E-state index in [0.717, 1.165) is 49.5 Å². The van der Waals surface area contributed by atoms with E-state index in [1.165, 1.54) is 22.3 Å². The van der Waals surface area contributed by atoms with Gasteiger partial charge in [-0.05, 0) is 112 Å². The minimum Gasteiger partial charge on any atom is -0.496 e. The van der Waals surface area contributed by atoms with Gasteiger partial charge < -0.3 is 29.2 Å². The monoisotopic (exact) mass is 806 g/mol. The highest BCUT2D eigenvalue weighted by molar-refractivity contribution is 6.09. The molecule has 0 spiro atoms. The third-order valence-corrected chi connectivity index (χ3v) is 12.2. The Kier molecular flexibility index (Phi) is 10.5. The van der Waals surface area contributed by atoms with E-state index in [1.54, 1.807) is 21.0 Å². The van der Waals surface area contributed by atoms with Crippen LogP contribution in [0.15, 0.2) is 170 Å². The van der Waals surface area contributed by atoms with Gasteiger partial charge >= 0.3 is 0 Å². The van der Waals surface area contributed by atoms with Crippen LogP contribution in [0, 0.1) is 0 Å². The third kappa shape index (κ3) is 7.37. The predicted octanol–water partition coefficient (Wildman–Crippen LogP) is 11.8. The fourth-order valence-electron chi connectivity index (χ4n) is 8.79. The SMILES string of the molecule is CCC(C)(O)COc1ccc(C2(c3ccc(OCC(C)(O)COc4ccc5ccccc5c4-c4c(OC)ccc5ccccc45)cc3)c3ccccc3-c3ccccc32)cc1. The van der Waals surface area contributed by atoms with E-state index in [9.17, 15) is 10.2 Å². The summed E-state index contributed by atoms with van der Waals surface area (Å²) in [5, 5.41) is 26.6. The Morgan fingerprint density at radius 2 is 0.885 bits per heavy atom. The molecule has 0 aromatic heterocycles. The molecule has 8 aromatic rings. The fraction of sp³-hybridized carbons (Fsp3) is 0.200. The molecule has 2 N–H and O–H groups in total. The van der Waals surface area contributed by atoms with Crippen molar-refractivity contribution in [3.05, 3.63) is 192 Å². The molecule has 0 amide bonds. The second-order valence-corrected chi connectivity index (χ2v) is 16.6. The average Bonchev–Trinajstić information content (AvgIpc) is 3.60. The van der Waals surface area contributed by atoms with E-state index in [1.807, 2.05) is 73.7 Å². The van der Waals surface area contributed by atoms with Gasteiger partial charge in [0, 0.05) is 11.1 Å². The van der Waals surface area contributed by atoms with Crippen LogP contribution in [0.3, 0.4) is 0 Å². The van der Waals surface area contributed by atoms with Crippen LogP contribution in [0.2, 0.25) is 0 Å². The molecule has 306 valence electrons. The summed E-state index contributed by atoms with van der Waals surface area (Å²) < 4.78 is 24.9. The van der Waals surface area contributed by atoms with Gasteiger partial charge in [0.25, 0.3) is 0 Å². The van der Waals surface area contributed by atoms with Crippen molar-refractivity contribution in [2.24, 2.45) is 0 Å². The molecule has 0 radical (unpaired) electrons. The largest absolute Gasteiger partial charge is 0.496 e. The molecule has 0 aliphatic heterocycles. The summed E-state index contributed by atoms with van der Waals surface area (Å²) in [7, 11) is 1.69. The second-order valence-electron chi connectivity index (χ2n) is 16.6. The molecule has 2 atom stereocenters. The van der Waals surface area contributed by atoms with Gasteiger partial charge in [-0.2, -0.15) is 0 Å². The van der Waals surface area contributed by atoms with Gasteiger partial charge in [0.2, 0.25) is 0 Å². The molecule has 1 aliphatic carbocycles. The van der Waals surface area contributed by atoms with Gasteiger partial charge in [-0.3, -0.25) is 0 Å². The molecule has 0 heterocycles. The molecular weight excluding hydrogens is 757 g/mol. The Morgan fingerprint density at radius 3 is 1.39 bits per heavy atom. The number of hydrogen-bond acceptors (Lipinski definition) is 6. The number of fused-ring (bicyclic) bond motifs is 5. The van der Waals surface area contributed by atoms with E-state index < -0.39 is 16.6 Å². The Bertz CT molecular complexity index is 2790. The van der Waals surface area contributed by atoms with Crippen LogP contribution in [-0.4, -0.2) is 48.3 Å². The topological polar surface area (TPSA) is 77.4 Å². The van der Waals surface area contributed by atoms with Gasteiger partial charge in [-0.1, -0.05) is 140 Å². The lowest BCUT2D eigenvalue weighted by molar-refractivity contribution is -0.0245. The van der Waals surface area contributed by atoms with Crippen LogP contribution >= 0.6 is 0 Å².